The first-order valence-electron chi connectivity index (χ1n) is 42.0. The van der Waals surface area contributed by atoms with E-state index in [1.807, 2.05) is 114 Å². The van der Waals surface area contributed by atoms with Crippen LogP contribution in [0.25, 0.3) is 79.4 Å². The van der Waals surface area contributed by atoms with Crippen molar-refractivity contribution in [3.05, 3.63) is 164 Å². The number of aromatic nitrogens is 10. The molecule has 2 aliphatic carbocycles. The number of carbonyl (C=O) groups excluding carboxylic acids is 8. The molecule has 8 amide bonds. The van der Waals surface area contributed by atoms with Crippen LogP contribution in [-0.2, 0) is 56.3 Å². The molecule has 698 valence electrons. The maximum Gasteiger partial charge on any atom is 0.425 e. The number of carbonyl (C=O) groups is 8. The highest BCUT2D eigenvalue weighted by Crippen LogP contribution is 2.41. The molecule has 2 aliphatic rings. The van der Waals surface area contributed by atoms with Gasteiger partial charge in [0.2, 0.25) is 5.56 Å². The van der Waals surface area contributed by atoms with Crippen molar-refractivity contribution in [2.75, 3.05) is 14.7 Å². The summed E-state index contributed by atoms with van der Waals surface area (Å²) in [5.41, 5.74) is 0.704. The minimum absolute atomic E-state index is 0.0109. The minimum atomic E-state index is -1.04. The van der Waals surface area contributed by atoms with Crippen LogP contribution in [0, 0.1) is 0 Å². The first-order chi connectivity index (χ1) is 60.8. The molecule has 0 bridgehead atoms. The molecule has 0 atom stereocenters. The van der Waals surface area contributed by atoms with Crippen molar-refractivity contribution in [2.24, 2.45) is 0 Å². The fraction of sp³-hybridized carbons (Fsp3) is 0.441. The van der Waals surface area contributed by atoms with Gasteiger partial charge in [0.1, 0.15) is 71.1 Å². The summed E-state index contributed by atoms with van der Waals surface area (Å²) in [7, 11) is 0. The van der Waals surface area contributed by atoms with Crippen LogP contribution in [0.3, 0.4) is 0 Å². The molecule has 12 rings (SSSR count). The summed E-state index contributed by atoms with van der Waals surface area (Å²) in [6, 6.07) is 31.0. The van der Waals surface area contributed by atoms with Crippen LogP contribution in [0.1, 0.15) is 209 Å². The third-order valence-corrected chi connectivity index (χ3v) is 18.9. The summed E-state index contributed by atoms with van der Waals surface area (Å²) >= 11 is 10.0. The maximum absolute atomic E-state index is 13.6. The van der Waals surface area contributed by atoms with Crippen LogP contribution in [0.4, 0.5) is 55.8 Å². The number of alkyl halides is 1. The lowest BCUT2D eigenvalue weighted by atomic mass is 10.1. The summed E-state index contributed by atoms with van der Waals surface area (Å²) in [4.78, 5) is 152. The third-order valence-electron chi connectivity index (χ3n) is 17.4. The molecule has 38 heteroatoms. The van der Waals surface area contributed by atoms with E-state index >= 15 is 0 Å². The standard InChI is InChI=1S/C37H44N6O8.C32H40BrN5O7.C24H26Br2N4O5/c1-35(2,3)48-32(45)42(25-15-16-25)21-22-10-12-23(13-11-22)26-18-28(51-41-26)30-31(39-20-27(40-30)24-14-17-29(44)38-19-24)43(33(46)49-36(4,5)6)34(47)50-37(7,8)9;1-30(2,3)42-27(39)37(21-14-15-21)18-19-10-12-20(13-11-19)22-16-23(45-36-22)25-26(34-17-24(33)35-25)38(28(40)43-31(4,5)6)29(41)44-32(7,8)9;1-23(2,3)33-21(31)30(22(32)34-24(4,5)6)20-19(28-18(26)13-27-20)17-11-16(29-35-17)15-9-7-14(12-25)8-10-15/h10-14,17-20,25H,15-16,21H2,1-9H3,(H,38,44);10-13,16-17,21H,14-15,18H2,1-9H3;7-11,13H,12H2,1-6H3. The van der Waals surface area contributed by atoms with E-state index in [9.17, 15) is 43.2 Å². The zero-order chi connectivity index (χ0) is 96.6. The number of benzene rings is 3. The molecule has 0 aliphatic heterocycles. The number of rotatable bonds is 17. The Hall–Kier alpha value is -12.3. The number of anilines is 3. The van der Waals surface area contributed by atoms with E-state index in [1.54, 1.807) is 159 Å². The quantitative estimate of drug-likeness (QED) is 0.0653. The van der Waals surface area contributed by atoms with Gasteiger partial charge in [0.25, 0.3) is 0 Å². The first kappa shape index (κ1) is 101. The van der Waals surface area contributed by atoms with Crippen LogP contribution in [-0.4, -0.2) is 166 Å². The number of pyridine rings is 1. The average Bonchev–Trinajstić information content (AvgIpc) is 1.77. The molecule has 3 aromatic carbocycles. The number of nitrogens with one attached hydrogen (secondary N) is 1. The highest BCUT2D eigenvalue weighted by atomic mass is 79.9. The van der Waals surface area contributed by atoms with Gasteiger partial charge < -0.3 is 66.2 Å². The summed E-state index contributed by atoms with van der Waals surface area (Å²) in [6.07, 6.45) is 2.67. The fourth-order valence-corrected chi connectivity index (χ4v) is 12.7. The second-order valence-electron chi connectivity index (χ2n) is 38.6. The Balaban J connectivity index is 0.000000208. The molecule has 35 nitrogen and oxygen atoms in total. The van der Waals surface area contributed by atoms with Gasteiger partial charge in [-0.3, -0.25) is 4.79 Å². The molecular weight excluding hydrogens is 1890 g/mol. The number of nitrogens with zero attached hydrogens (tertiary/aromatic N) is 14. The van der Waals surface area contributed by atoms with E-state index in [2.05, 4.69) is 93.2 Å². The Morgan fingerprint density at radius 2 is 0.611 bits per heavy atom. The van der Waals surface area contributed by atoms with E-state index in [-0.39, 0.29) is 81.6 Å². The van der Waals surface area contributed by atoms with E-state index < -0.39 is 81.4 Å². The highest BCUT2D eigenvalue weighted by molar-refractivity contribution is 9.10. The zero-order valence-corrected chi connectivity index (χ0v) is 82.5. The van der Waals surface area contributed by atoms with Crippen LogP contribution in [0.5, 0.6) is 0 Å². The summed E-state index contributed by atoms with van der Waals surface area (Å²) in [5.74, 6) is -0.0433. The van der Waals surface area contributed by atoms with E-state index in [0.717, 1.165) is 58.8 Å². The van der Waals surface area contributed by atoms with Gasteiger partial charge in [-0.2, -0.15) is 14.7 Å². The highest BCUT2D eigenvalue weighted by Gasteiger charge is 2.43. The van der Waals surface area contributed by atoms with Crippen molar-refractivity contribution in [2.45, 2.75) is 267 Å². The molecular formula is C93H110Br3N15O20. The average molecular weight is 2000 g/mol. The molecule has 2 fully saturated rings. The molecule has 131 heavy (non-hydrogen) atoms. The number of H-pyrrole nitrogens is 1. The van der Waals surface area contributed by atoms with Crippen molar-refractivity contribution in [1.29, 1.82) is 0 Å². The number of hydrogen-bond acceptors (Lipinski definition) is 29. The number of hydrogen-bond donors (Lipinski definition) is 1. The van der Waals surface area contributed by atoms with Gasteiger partial charge in [-0.25, -0.2) is 68.3 Å². The fourth-order valence-electron chi connectivity index (χ4n) is 11.8. The van der Waals surface area contributed by atoms with Crippen molar-refractivity contribution in [3.8, 4) is 79.4 Å². The summed E-state index contributed by atoms with van der Waals surface area (Å²) in [6.45, 7) is 42.1. The Kier molecular flexibility index (Phi) is 31.2. The predicted octanol–water partition coefficient (Wildman–Crippen LogP) is 23.0. The lowest BCUT2D eigenvalue weighted by Crippen LogP contribution is -2.44. The minimum Gasteiger partial charge on any atom is -0.444 e. The lowest BCUT2D eigenvalue weighted by molar-refractivity contribution is 0.0206. The Labute approximate surface area is 784 Å². The SMILES string of the molecule is CC(C)(C)OC(=O)N(C(=O)OC(C)(C)C)c1ncc(-c2ccc(=O)[nH]c2)nc1-c1cc(-c2ccc(CN(C(=O)OC(C)(C)C)C3CC3)cc2)no1.CC(C)(C)OC(=O)N(C(=O)OC(C)(C)C)c1ncc(Br)nc1-c1cc(-c2ccc(CBr)cc2)no1.CC(C)(C)OC(=O)N(C(=O)OC(C)(C)C)c1ncc(Br)nc1-c1cc(-c2ccc(CN(C(=O)OC(C)(C)C)C3CC3)cc2)no1. The Morgan fingerprint density at radius 1 is 0.351 bits per heavy atom. The molecule has 1 N–H and O–H groups in total. The van der Waals surface area contributed by atoms with E-state index in [0.29, 0.717) is 70.9 Å². The number of aromatic amines is 1. The second kappa shape index (κ2) is 40.6. The van der Waals surface area contributed by atoms with Gasteiger partial charge in [-0.15, -0.1) is 0 Å². The van der Waals surface area contributed by atoms with Gasteiger partial charge in [0.05, 0.1) is 24.3 Å². The van der Waals surface area contributed by atoms with Crippen LogP contribution >= 0.6 is 47.8 Å². The molecule has 10 aromatic rings. The molecule has 7 heterocycles. The second-order valence-corrected chi connectivity index (χ2v) is 40.8. The topological polar surface area (TPSA) is 415 Å². The number of ether oxygens (including phenoxy) is 8. The number of amides is 8. The Morgan fingerprint density at radius 3 is 0.870 bits per heavy atom. The van der Waals surface area contributed by atoms with Gasteiger partial charge in [-0.1, -0.05) is 104 Å². The predicted molar refractivity (Wildman–Crippen MR) is 497 cm³/mol. The van der Waals surface area contributed by atoms with Crippen molar-refractivity contribution >= 4 is 114 Å². The van der Waals surface area contributed by atoms with Crippen LogP contribution < -0.4 is 20.3 Å². The van der Waals surface area contributed by atoms with Gasteiger partial charge in [0, 0.05) is 83.2 Å². The van der Waals surface area contributed by atoms with Crippen molar-refractivity contribution in [1.82, 2.24) is 60.2 Å². The summed E-state index contributed by atoms with van der Waals surface area (Å²) < 4.78 is 62.0. The molecule has 7 aromatic heterocycles. The van der Waals surface area contributed by atoms with Crippen LogP contribution in [0.15, 0.2) is 155 Å². The van der Waals surface area contributed by atoms with Crippen LogP contribution in [0.2, 0.25) is 0 Å². The number of imide groups is 3. The largest absolute Gasteiger partial charge is 0.444 e. The lowest BCUT2D eigenvalue weighted by Gasteiger charge is -2.28. The zero-order valence-electron chi connectivity index (χ0n) is 77.8. The monoisotopic (exact) mass is 1990 g/mol. The van der Waals surface area contributed by atoms with E-state index in [4.69, 9.17) is 56.4 Å². The van der Waals surface area contributed by atoms with Gasteiger partial charge in [-0.05, 0) is 246 Å². The molecule has 0 unspecified atom stereocenters. The normalized spacial score (nSPS) is 13.0. The molecule has 0 saturated heterocycles. The molecule has 2 saturated carbocycles. The van der Waals surface area contributed by atoms with Crippen molar-refractivity contribution in [3.63, 3.8) is 0 Å². The molecule has 0 radical (unpaired) electrons. The molecule has 0 spiro atoms. The smallest absolute Gasteiger partial charge is 0.425 e. The maximum atomic E-state index is 13.6. The number of halogens is 3. The van der Waals surface area contributed by atoms with Gasteiger partial charge in [0.15, 0.2) is 51.8 Å². The Bertz CT molecular complexity index is 5730. The first-order valence-corrected chi connectivity index (χ1v) is 44.7. The third kappa shape index (κ3) is 29.9. The van der Waals surface area contributed by atoms with Crippen molar-refractivity contribution < 1.29 is 89.8 Å². The summed E-state index contributed by atoms with van der Waals surface area (Å²) in [5, 5.41) is 13.3. The van der Waals surface area contributed by atoms with Gasteiger partial charge >= 0.3 is 48.7 Å². The van der Waals surface area contributed by atoms with E-state index in [1.165, 1.54) is 30.9 Å².